The zero-order valence-electron chi connectivity index (χ0n) is 10.3. The van der Waals surface area contributed by atoms with E-state index in [2.05, 4.69) is 39.9 Å². The smallest absolute Gasteiger partial charge is 0.341 e. The Morgan fingerprint density at radius 1 is 1.29 bits per heavy atom. The Morgan fingerprint density at radius 3 is 2.53 bits per heavy atom. The maximum atomic E-state index is 11.2. The molecule has 17 heavy (non-hydrogen) atoms. The van der Waals surface area contributed by atoms with Crippen molar-refractivity contribution < 1.29 is 9.53 Å². The van der Waals surface area contributed by atoms with Crippen molar-refractivity contribution in [2.75, 3.05) is 20.2 Å². The number of piperidine rings is 1. The molecule has 2 rings (SSSR count). The van der Waals surface area contributed by atoms with Crippen LogP contribution in [0.15, 0.2) is 30.3 Å². The molecule has 0 atom stereocenters. The average Bonchev–Trinajstić information content (AvgIpc) is 2.40. The maximum absolute atomic E-state index is 11.2. The van der Waals surface area contributed by atoms with Gasteiger partial charge in [0.1, 0.15) is 0 Å². The molecule has 0 bridgehead atoms. The quantitative estimate of drug-likeness (QED) is 0.745. The predicted molar refractivity (Wildman–Crippen MR) is 69.5 cm³/mol. The first-order chi connectivity index (χ1) is 8.29. The summed E-state index contributed by atoms with van der Waals surface area (Å²) in [6, 6.07) is 10.6. The minimum atomic E-state index is -0.136. The lowest BCUT2D eigenvalue weighted by Gasteiger charge is -2.31. The molecule has 1 aromatic rings. The number of ether oxygens (including phenoxy) is 1. The molecule has 0 amide bonds. The topological polar surface area (TPSA) is 29.5 Å². The van der Waals surface area contributed by atoms with Crippen LogP contribution < -0.4 is 0 Å². The molecule has 1 fully saturated rings. The SMILES string of the molecule is COC(=O)BN1CCC(c2ccccc2)CC1. The first-order valence-electron chi connectivity index (χ1n) is 6.13. The van der Waals surface area contributed by atoms with Crippen LogP contribution >= 0.6 is 0 Å². The molecular formula is C13H18BNO2. The van der Waals surface area contributed by atoms with Crippen molar-refractivity contribution in [1.82, 2.24) is 4.81 Å². The van der Waals surface area contributed by atoms with Gasteiger partial charge in [0, 0.05) is 0 Å². The van der Waals surface area contributed by atoms with Gasteiger partial charge in [0.05, 0.1) is 7.11 Å². The van der Waals surface area contributed by atoms with E-state index in [0.29, 0.717) is 13.3 Å². The summed E-state index contributed by atoms with van der Waals surface area (Å²) in [5.74, 6) is 0.508. The van der Waals surface area contributed by atoms with Gasteiger partial charge >= 0.3 is 7.41 Å². The number of rotatable bonds is 3. The lowest BCUT2D eigenvalue weighted by atomic mass is 9.83. The Balaban J connectivity index is 1.84. The van der Waals surface area contributed by atoms with Gasteiger partial charge in [0.15, 0.2) is 0 Å². The number of carbonyl (C=O) groups excluding carboxylic acids is 1. The second-order valence-electron chi connectivity index (χ2n) is 4.54. The second kappa shape index (κ2) is 5.87. The van der Waals surface area contributed by atoms with Gasteiger partial charge in [0.2, 0.25) is 0 Å². The predicted octanol–water partition coefficient (Wildman–Crippen LogP) is 1.98. The van der Waals surface area contributed by atoms with Crippen molar-refractivity contribution in [2.45, 2.75) is 18.8 Å². The largest absolute Gasteiger partial charge is 0.476 e. The van der Waals surface area contributed by atoms with Gasteiger partial charge in [-0.1, -0.05) is 30.3 Å². The van der Waals surface area contributed by atoms with E-state index in [9.17, 15) is 4.79 Å². The van der Waals surface area contributed by atoms with E-state index in [1.807, 2.05) is 0 Å². The van der Waals surface area contributed by atoms with Gasteiger partial charge < -0.3 is 9.55 Å². The molecule has 0 spiro atoms. The number of carbonyl (C=O) groups is 1. The third-order valence-electron chi connectivity index (χ3n) is 3.44. The van der Waals surface area contributed by atoms with Crippen LogP contribution in [0.4, 0.5) is 4.79 Å². The van der Waals surface area contributed by atoms with E-state index in [1.165, 1.54) is 12.7 Å². The highest BCUT2D eigenvalue weighted by atomic mass is 16.5. The summed E-state index contributed by atoms with van der Waals surface area (Å²) < 4.78 is 4.68. The molecule has 0 N–H and O–H groups in total. The third-order valence-corrected chi connectivity index (χ3v) is 3.44. The maximum Gasteiger partial charge on any atom is 0.341 e. The minimum absolute atomic E-state index is 0.136. The molecule has 1 aliphatic rings. The van der Waals surface area contributed by atoms with Crippen molar-refractivity contribution in [1.29, 1.82) is 0 Å². The minimum Gasteiger partial charge on any atom is -0.476 e. The van der Waals surface area contributed by atoms with E-state index in [1.54, 1.807) is 0 Å². The fourth-order valence-corrected chi connectivity index (χ4v) is 2.40. The molecule has 1 aliphatic heterocycles. The van der Waals surface area contributed by atoms with Crippen LogP contribution in [0.25, 0.3) is 0 Å². The molecule has 3 nitrogen and oxygen atoms in total. The van der Waals surface area contributed by atoms with Crippen LogP contribution in [0, 0.1) is 0 Å². The van der Waals surface area contributed by atoms with Gasteiger partial charge in [-0.05, 0) is 37.4 Å². The normalized spacial score (nSPS) is 17.7. The summed E-state index contributed by atoms with van der Waals surface area (Å²) in [7, 11) is 1.87. The summed E-state index contributed by atoms with van der Waals surface area (Å²) in [6.07, 6.45) is 2.25. The van der Waals surface area contributed by atoms with Crippen molar-refractivity contribution in [3.63, 3.8) is 0 Å². The molecule has 0 saturated carbocycles. The molecule has 1 heterocycles. The van der Waals surface area contributed by atoms with E-state index in [0.717, 1.165) is 25.9 Å². The Bertz CT molecular complexity index is 361. The van der Waals surface area contributed by atoms with Crippen molar-refractivity contribution >= 4 is 13.3 Å². The Labute approximate surface area is 103 Å². The molecule has 0 radical (unpaired) electrons. The highest BCUT2D eigenvalue weighted by molar-refractivity contribution is 6.69. The lowest BCUT2D eigenvalue weighted by Crippen LogP contribution is -2.39. The van der Waals surface area contributed by atoms with Gasteiger partial charge in [-0.3, -0.25) is 4.79 Å². The zero-order valence-corrected chi connectivity index (χ0v) is 10.3. The molecule has 1 aromatic carbocycles. The first kappa shape index (κ1) is 12.2. The van der Waals surface area contributed by atoms with Crippen LogP contribution in [0.2, 0.25) is 0 Å². The molecular weight excluding hydrogens is 213 g/mol. The summed E-state index contributed by atoms with van der Waals surface area (Å²) in [5, 5.41) is 0. The lowest BCUT2D eigenvalue weighted by molar-refractivity contribution is 0.194. The van der Waals surface area contributed by atoms with E-state index in [4.69, 9.17) is 0 Å². The van der Waals surface area contributed by atoms with Crippen LogP contribution in [0.5, 0.6) is 0 Å². The summed E-state index contributed by atoms with van der Waals surface area (Å²) in [5.41, 5.74) is 1.42. The molecule has 1 saturated heterocycles. The van der Waals surface area contributed by atoms with Crippen molar-refractivity contribution in [3.8, 4) is 0 Å². The Hall–Kier alpha value is -1.29. The number of benzene rings is 1. The van der Waals surface area contributed by atoms with E-state index >= 15 is 0 Å². The number of methoxy groups -OCH3 is 1. The van der Waals surface area contributed by atoms with Crippen LogP contribution in [0.3, 0.4) is 0 Å². The number of hydrogen-bond acceptors (Lipinski definition) is 3. The van der Waals surface area contributed by atoms with Crippen LogP contribution in [-0.4, -0.2) is 38.3 Å². The number of hydrogen-bond donors (Lipinski definition) is 0. The molecule has 4 heteroatoms. The van der Waals surface area contributed by atoms with E-state index in [-0.39, 0.29) is 5.87 Å². The Morgan fingerprint density at radius 2 is 1.94 bits per heavy atom. The highest BCUT2D eigenvalue weighted by Gasteiger charge is 2.22. The van der Waals surface area contributed by atoms with Gasteiger partial charge in [0.25, 0.3) is 5.87 Å². The summed E-state index contributed by atoms with van der Waals surface area (Å²) in [6.45, 7) is 1.96. The fourth-order valence-electron chi connectivity index (χ4n) is 2.40. The van der Waals surface area contributed by atoms with Gasteiger partial charge in [-0.25, -0.2) is 0 Å². The molecule has 0 aliphatic carbocycles. The summed E-state index contributed by atoms with van der Waals surface area (Å²) >= 11 is 0. The molecule has 0 aromatic heterocycles. The van der Waals surface area contributed by atoms with Crippen LogP contribution in [-0.2, 0) is 4.74 Å². The highest BCUT2D eigenvalue weighted by Crippen LogP contribution is 2.27. The second-order valence-corrected chi connectivity index (χ2v) is 4.54. The third kappa shape index (κ3) is 3.33. The number of nitrogens with zero attached hydrogens (tertiary/aromatic N) is 1. The standard InChI is InChI=1S/C13H18BNO2/c1-17-13(16)14-15-9-7-12(8-10-15)11-5-3-2-4-6-11/h2-6,12,14H,7-10H2,1H3. The molecule has 90 valence electrons. The monoisotopic (exact) mass is 231 g/mol. The molecule has 0 unspecified atom stereocenters. The van der Waals surface area contributed by atoms with Gasteiger partial charge in [-0.15, -0.1) is 0 Å². The van der Waals surface area contributed by atoms with Crippen molar-refractivity contribution in [3.05, 3.63) is 35.9 Å². The Kier molecular flexibility index (Phi) is 4.21. The van der Waals surface area contributed by atoms with Gasteiger partial charge in [-0.2, -0.15) is 0 Å². The fraction of sp³-hybridized carbons (Fsp3) is 0.462. The van der Waals surface area contributed by atoms with E-state index < -0.39 is 0 Å². The zero-order chi connectivity index (χ0) is 12.1. The summed E-state index contributed by atoms with van der Waals surface area (Å²) in [4.78, 5) is 13.3. The van der Waals surface area contributed by atoms with Crippen LogP contribution in [0.1, 0.15) is 24.3 Å². The van der Waals surface area contributed by atoms with Crippen molar-refractivity contribution in [2.24, 2.45) is 0 Å². The first-order valence-corrected chi connectivity index (χ1v) is 6.13. The average molecular weight is 231 g/mol.